The topological polar surface area (TPSA) is 44.1 Å². The van der Waals surface area contributed by atoms with Crippen LogP contribution in [0.2, 0.25) is 0 Å². The highest BCUT2D eigenvalue weighted by atomic mass is 79.9. The lowest BCUT2D eigenvalue weighted by Gasteiger charge is -2.04. The summed E-state index contributed by atoms with van der Waals surface area (Å²) in [4.78, 5) is 11.6. The van der Waals surface area contributed by atoms with Gasteiger partial charge in [-0.1, -0.05) is 0 Å². The second-order valence-corrected chi connectivity index (χ2v) is 6.07. The second kappa shape index (κ2) is 5.57. The van der Waals surface area contributed by atoms with Gasteiger partial charge in [-0.2, -0.15) is 18.3 Å². The average Bonchev–Trinajstić information content (AvgIpc) is 2.94. The Morgan fingerprint density at radius 3 is 2.70 bits per heavy atom. The number of hydrogen-bond donors (Lipinski definition) is 0. The van der Waals surface area contributed by atoms with Crippen molar-refractivity contribution in [3.8, 4) is 5.00 Å². The summed E-state index contributed by atoms with van der Waals surface area (Å²) >= 11 is 4.41. The molecule has 0 atom stereocenters. The van der Waals surface area contributed by atoms with Crippen molar-refractivity contribution in [1.29, 1.82) is 0 Å². The van der Waals surface area contributed by atoms with E-state index in [0.29, 0.717) is 5.00 Å². The van der Waals surface area contributed by atoms with Crippen LogP contribution in [-0.4, -0.2) is 22.4 Å². The molecule has 20 heavy (non-hydrogen) atoms. The first kappa shape index (κ1) is 15.0. The first-order valence-electron chi connectivity index (χ1n) is 5.42. The lowest BCUT2D eigenvalue weighted by Crippen LogP contribution is -2.14. The number of esters is 1. The smallest absolute Gasteiger partial charge is 0.436 e. The van der Waals surface area contributed by atoms with Gasteiger partial charge < -0.3 is 4.74 Å². The van der Waals surface area contributed by atoms with Gasteiger partial charge in [-0.3, -0.25) is 0 Å². The molecule has 0 aliphatic carbocycles. The maximum Gasteiger partial charge on any atom is 0.436 e. The van der Waals surface area contributed by atoms with Gasteiger partial charge in [-0.25, -0.2) is 9.48 Å². The highest BCUT2D eigenvalue weighted by Crippen LogP contribution is 2.33. The van der Waals surface area contributed by atoms with Crippen molar-refractivity contribution in [2.75, 3.05) is 6.61 Å². The molecule has 2 aromatic rings. The largest absolute Gasteiger partial charge is 0.462 e. The minimum atomic E-state index is -4.72. The Morgan fingerprint density at radius 1 is 1.50 bits per heavy atom. The third-order valence-corrected chi connectivity index (χ3v) is 3.88. The van der Waals surface area contributed by atoms with Crippen LogP contribution in [0.15, 0.2) is 22.1 Å². The van der Waals surface area contributed by atoms with Crippen molar-refractivity contribution in [3.63, 3.8) is 0 Å². The number of halogens is 4. The highest BCUT2D eigenvalue weighted by molar-refractivity contribution is 9.11. The Kier molecular flexibility index (Phi) is 4.19. The van der Waals surface area contributed by atoms with Crippen LogP contribution in [0.4, 0.5) is 13.2 Å². The van der Waals surface area contributed by atoms with Crippen LogP contribution in [0.1, 0.15) is 23.0 Å². The summed E-state index contributed by atoms with van der Waals surface area (Å²) in [6.07, 6.45) is -3.69. The Bertz CT molecular complexity index is 636. The predicted molar refractivity (Wildman–Crippen MR) is 70.1 cm³/mol. The van der Waals surface area contributed by atoms with Crippen molar-refractivity contribution in [3.05, 3.63) is 33.4 Å². The zero-order valence-corrected chi connectivity index (χ0v) is 12.5. The molecule has 4 nitrogen and oxygen atoms in total. The number of nitrogens with zero attached hydrogens (tertiary/aromatic N) is 2. The third kappa shape index (κ3) is 3.04. The van der Waals surface area contributed by atoms with E-state index in [9.17, 15) is 18.0 Å². The monoisotopic (exact) mass is 368 g/mol. The molecule has 0 aliphatic heterocycles. The van der Waals surface area contributed by atoms with E-state index in [-0.39, 0.29) is 6.61 Å². The maximum absolute atomic E-state index is 12.9. The molecule has 0 N–H and O–H groups in total. The molecular weight excluding hydrogens is 361 g/mol. The van der Waals surface area contributed by atoms with E-state index in [1.54, 1.807) is 12.1 Å². The lowest BCUT2D eigenvalue weighted by molar-refractivity contribution is -0.141. The number of carbonyl (C=O) groups is 1. The molecule has 0 amide bonds. The van der Waals surface area contributed by atoms with Gasteiger partial charge in [0.2, 0.25) is 0 Å². The zero-order valence-electron chi connectivity index (χ0n) is 10.1. The van der Waals surface area contributed by atoms with Crippen LogP contribution >= 0.6 is 27.3 Å². The quantitative estimate of drug-likeness (QED) is 0.771. The SMILES string of the molecule is CCOC(=O)c1cn(-c2ccc(Br)s2)nc1C(F)(F)F. The van der Waals surface area contributed by atoms with Gasteiger partial charge in [0.1, 0.15) is 10.6 Å². The molecule has 0 unspecified atom stereocenters. The van der Waals surface area contributed by atoms with E-state index in [2.05, 4.69) is 25.8 Å². The van der Waals surface area contributed by atoms with Crippen LogP contribution in [0.25, 0.3) is 5.00 Å². The van der Waals surface area contributed by atoms with E-state index in [1.807, 2.05) is 0 Å². The molecule has 0 saturated carbocycles. The summed E-state index contributed by atoms with van der Waals surface area (Å²) < 4.78 is 45.1. The van der Waals surface area contributed by atoms with Crippen molar-refractivity contribution in [1.82, 2.24) is 9.78 Å². The molecule has 0 spiro atoms. The normalized spacial score (nSPS) is 11.7. The van der Waals surface area contributed by atoms with Gasteiger partial charge in [0, 0.05) is 6.20 Å². The summed E-state index contributed by atoms with van der Waals surface area (Å²) in [6, 6.07) is 3.27. The van der Waals surface area contributed by atoms with Gasteiger partial charge >= 0.3 is 12.1 Å². The fraction of sp³-hybridized carbons (Fsp3) is 0.273. The summed E-state index contributed by atoms with van der Waals surface area (Å²) in [5, 5.41) is 3.91. The van der Waals surface area contributed by atoms with Crippen LogP contribution in [-0.2, 0) is 10.9 Å². The van der Waals surface area contributed by atoms with Crippen molar-refractivity contribution in [2.45, 2.75) is 13.1 Å². The molecule has 0 fully saturated rings. The molecule has 9 heteroatoms. The van der Waals surface area contributed by atoms with Gasteiger partial charge in [0.15, 0.2) is 5.69 Å². The molecule has 0 aromatic carbocycles. The van der Waals surface area contributed by atoms with E-state index < -0.39 is 23.4 Å². The standard InChI is InChI=1S/C11H8BrF3N2O2S/c1-2-19-10(18)6-5-17(8-4-3-7(12)20-8)16-9(6)11(13,14)15/h3-5H,2H2,1H3. The average molecular weight is 369 g/mol. The molecule has 0 saturated heterocycles. The van der Waals surface area contributed by atoms with E-state index >= 15 is 0 Å². The maximum atomic E-state index is 12.9. The van der Waals surface area contributed by atoms with Gasteiger partial charge in [-0.15, -0.1) is 11.3 Å². The molecule has 108 valence electrons. The van der Waals surface area contributed by atoms with Crippen molar-refractivity contribution in [2.24, 2.45) is 0 Å². The number of ether oxygens (including phenoxy) is 1. The number of rotatable bonds is 3. The Labute approximate surface area is 124 Å². The van der Waals surface area contributed by atoms with Crippen molar-refractivity contribution < 1.29 is 22.7 Å². The van der Waals surface area contributed by atoms with E-state index in [0.717, 1.165) is 14.7 Å². The number of thiophene rings is 1. The molecule has 0 bridgehead atoms. The van der Waals surface area contributed by atoms with Crippen LogP contribution in [0, 0.1) is 0 Å². The lowest BCUT2D eigenvalue weighted by atomic mass is 10.2. The van der Waals surface area contributed by atoms with E-state index in [1.165, 1.54) is 18.3 Å². The predicted octanol–water partition coefficient (Wildman–Crippen LogP) is 3.89. The second-order valence-electron chi connectivity index (χ2n) is 3.63. The van der Waals surface area contributed by atoms with Crippen LogP contribution in [0.3, 0.4) is 0 Å². The van der Waals surface area contributed by atoms with Gasteiger partial charge in [-0.05, 0) is 35.0 Å². The van der Waals surface area contributed by atoms with Gasteiger partial charge in [0.25, 0.3) is 0 Å². The molecule has 0 aliphatic rings. The van der Waals surface area contributed by atoms with Crippen molar-refractivity contribution >= 4 is 33.2 Å². The molecule has 2 heterocycles. The highest BCUT2D eigenvalue weighted by Gasteiger charge is 2.40. The Balaban J connectivity index is 2.50. The third-order valence-electron chi connectivity index (χ3n) is 2.26. The van der Waals surface area contributed by atoms with Gasteiger partial charge in [0.05, 0.1) is 10.4 Å². The number of carbonyl (C=O) groups excluding carboxylic acids is 1. The molecular formula is C11H8BrF3N2O2S. The fourth-order valence-electron chi connectivity index (χ4n) is 1.48. The minimum absolute atomic E-state index is 0.00807. The number of alkyl halides is 3. The first-order chi connectivity index (χ1) is 9.32. The van der Waals surface area contributed by atoms with Crippen LogP contribution < -0.4 is 0 Å². The molecule has 2 aromatic heterocycles. The van der Waals surface area contributed by atoms with E-state index in [4.69, 9.17) is 0 Å². The summed E-state index contributed by atoms with van der Waals surface area (Å²) in [5.41, 5.74) is -1.84. The fourth-order valence-corrected chi connectivity index (χ4v) is 2.77. The van der Waals surface area contributed by atoms with Crippen LogP contribution in [0.5, 0.6) is 0 Å². The summed E-state index contributed by atoms with van der Waals surface area (Å²) in [5.74, 6) is -1.04. The Hall–Kier alpha value is -1.35. The summed E-state index contributed by atoms with van der Waals surface area (Å²) in [6.45, 7) is 1.51. The first-order valence-corrected chi connectivity index (χ1v) is 7.03. The molecule has 2 rings (SSSR count). The number of hydrogen-bond acceptors (Lipinski definition) is 4. The number of aromatic nitrogens is 2. The summed E-state index contributed by atoms with van der Waals surface area (Å²) in [7, 11) is 0. The minimum Gasteiger partial charge on any atom is -0.462 e. The Morgan fingerprint density at radius 2 is 2.20 bits per heavy atom. The molecule has 0 radical (unpaired) electrons. The zero-order chi connectivity index (χ0) is 14.9.